The molecule has 1 aliphatic rings. The van der Waals surface area contributed by atoms with Crippen molar-refractivity contribution in [3.8, 4) is 0 Å². The zero-order chi connectivity index (χ0) is 15.2. The molecule has 6 nitrogen and oxygen atoms in total. The lowest BCUT2D eigenvalue weighted by atomic mass is 9.80. The molecule has 0 radical (unpaired) electrons. The van der Waals surface area contributed by atoms with Crippen molar-refractivity contribution in [3.05, 3.63) is 0 Å². The molecule has 3 atom stereocenters. The molecule has 6 heteroatoms. The Hall–Kier alpha value is -0.980. The summed E-state index contributed by atoms with van der Waals surface area (Å²) >= 11 is 0. The highest BCUT2D eigenvalue weighted by molar-refractivity contribution is 5.83. The Balaban J connectivity index is 2.78. The number of nitrogens with one attached hydrogen (secondary N) is 1. The predicted octanol–water partition coefficient (Wildman–Crippen LogP) is 1.74. The quantitative estimate of drug-likeness (QED) is 0.522. The van der Waals surface area contributed by atoms with Gasteiger partial charge in [0.2, 0.25) is 0 Å². The summed E-state index contributed by atoms with van der Waals surface area (Å²) in [5.74, 6) is -1.68. The van der Waals surface area contributed by atoms with Crippen molar-refractivity contribution < 1.29 is 24.3 Å². The van der Waals surface area contributed by atoms with Crippen LogP contribution >= 0.6 is 0 Å². The summed E-state index contributed by atoms with van der Waals surface area (Å²) in [6.07, 6.45) is 3.19. The van der Waals surface area contributed by atoms with Gasteiger partial charge in [0.05, 0.1) is 0 Å². The second-order valence-corrected chi connectivity index (χ2v) is 5.82. The minimum Gasteiger partial charge on any atom is -0.480 e. The molecule has 1 aliphatic heterocycles. The molecular weight excluding hydrogens is 262 g/mol. The number of hydrogen-bond donors (Lipinski definition) is 2. The molecule has 2 N–H and O–H groups in total. The van der Waals surface area contributed by atoms with Gasteiger partial charge >= 0.3 is 5.97 Å². The standard InChI is InChI=1S/C14H25NO5/c1-10(2)8-14(13(17)18,11(3)9-16)15-20-12-6-4-5-7-19-12/h9-12,15H,4-8H2,1-3H3,(H,17,18). The molecule has 0 bridgehead atoms. The number of carboxylic acids is 1. The maximum absolute atomic E-state index is 11.7. The van der Waals surface area contributed by atoms with Crippen LogP contribution in [0.25, 0.3) is 0 Å². The largest absolute Gasteiger partial charge is 0.480 e. The fourth-order valence-corrected chi connectivity index (χ4v) is 2.38. The fourth-order valence-electron chi connectivity index (χ4n) is 2.38. The average Bonchev–Trinajstić information content (AvgIpc) is 2.43. The molecule has 3 unspecified atom stereocenters. The lowest BCUT2D eigenvalue weighted by Gasteiger charge is -2.36. The van der Waals surface area contributed by atoms with E-state index < -0.39 is 23.7 Å². The smallest absolute Gasteiger partial charge is 0.326 e. The highest BCUT2D eigenvalue weighted by Gasteiger charge is 2.45. The van der Waals surface area contributed by atoms with Crippen LogP contribution in [-0.4, -0.2) is 35.8 Å². The SMILES string of the molecule is CC(C)CC(NOC1CCCCO1)(C(=O)O)C(C)C=O. The van der Waals surface area contributed by atoms with E-state index >= 15 is 0 Å². The predicted molar refractivity (Wildman–Crippen MR) is 72.9 cm³/mol. The van der Waals surface area contributed by atoms with E-state index in [-0.39, 0.29) is 5.92 Å². The van der Waals surface area contributed by atoms with Crippen LogP contribution in [0.1, 0.15) is 46.5 Å². The number of carbonyl (C=O) groups excluding carboxylic acids is 1. The number of hydrogen-bond acceptors (Lipinski definition) is 5. The number of carboxylic acid groups (broad SMARTS) is 1. The highest BCUT2D eigenvalue weighted by atomic mass is 16.8. The molecule has 20 heavy (non-hydrogen) atoms. The molecule has 0 amide bonds. The van der Waals surface area contributed by atoms with Crippen LogP contribution in [-0.2, 0) is 19.2 Å². The van der Waals surface area contributed by atoms with E-state index in [1.807, 2.05) is 13.8 Å². The van der Waals surface area contributed by atoms with Gasteiger partial charge in [-0.1, -0.05) is 20.8 Å². The summed E-state index contributed by atoms with van der Waals surface area (Å²) in [5.41, 5.74) is 1.21. The lowest BCUT2D eigenvalue weighted by molar-refractivity contribution is -0.223. The van der Waals surface area contributed by atoms with Crippen LogP contribution in [0.5, 0.6) is 0 Å². The van der Waals surface area contributed by atoms with Gasteiger partial charge in [0.15, 0.2) is 6.29 Å². The molecule has 1 saturated heterocycles. The average molecular weight is 287 g/mol. The molecule has 0 aromatic heterocycles. The molecule has 1 fully saturated rings. The molecule has 0 aromatic carbocycles. The van der Waals surface area contributed by atoms with Gasteiger partial charge in [0.25, 0.3) is 0 Å². The van der Waals surface area contributed by atoms with Crippen molar-refractivity contribution in [2.75, 3.05) is 6.61 Å². The number of ether oxygens (including phenoxy) is 1. The Bertz CT molecular complexity index is 328. The monoisotopic (exact) mass is 287 g/mol. The molecule has 0 spiro atoms. The van der Waals surface area contributed by atoms with Gasteiger partial charge < -0.3 is 14.6 Å². The number of aldehydes is 1. The maximum Gasteiger partial charge on any atom is 0.326 e. The first-order chi connectivity index (χ1) is 9.42. The van der Waals surface area contributed by atoms with Crippen molar-refractivity contribution in [2.24, 2.45) is 11.8 Å². The lowest BCUT2D eigenvalue weighted by Crippen LogP contribution is -2.59. The number of aliphatic carboxylic acids is 1. The van der Waals surface area contributed by atoms with Crippen molar-refractivity contribution in [2.45, 2.75) is 58.3 Å². The van der Waals surface area contributed by atoms with Crippen LogP contribution in [0.15, 0.2) is 0 Å². The molecule has 116 valence electrons. The molecular formula is C14H25NO5. The first-order valence-corrected chi connectivity index (χ1v) is 7.15. The van der Waals surface area contributed by atoms with Crippen molar-refractivity contribution in [3.63, 3.8) is 0 Å². The number of carbonyl (C=O) groups is 2. The summed E-state index contributed by atoms with van der Waals surface area (Å²) in [6.45, 7) is 6.02. The van der Waals surface area contributed by atoms with E-state index in [1.165, 1.54) is 0 Å². The molecule has 0 aliphatic carbocycles. The topological polar surface area (TPSA) is 84.9 Å². The zero-order valence-corrected chi connectivity index (χ0v) is 12.4. The first kappa shape index (κ1) is 17.1. The molecule has 1 rings (SSSR count). The van der Waals surface area contributed by atoms with Crippen LogP contribution < -0.4 is 5.48 Å². The fraction of sp³-hybridized carbons (Fsp3) is 0.857. The van der Waals surface area contributed by atoms with Gasteiger partial charge in [0, 0.05) is 18.9 Å². The van der Waals surface area contributed by atoms with Gasteiger partial charge in [-0.15, -0.1) is 0 Å². The van der Waals surface area contributed by atoms with Gasteiger partial charge in [-0.3, -0.25) is 9.63 Å². The van der Waals surface area contributed by atoms with Crippen LogP contribution in [0.4, 0.5) is 0 Å². The zero-order valence-electron chi connectivity index (χ0n) is 12.4. The Morgan fingerprint density at radius 3 is 2.65 bits per heavy atom. The van der Waals surface area contributed by atoms with E-state index in [1.54, 1.807) is 6.92 Å². The van der Waals surface area contributed by atoms with E-state index in [0.29, 0.717) is 19.3 Å². The second-order valence-electron chi connectivity index (χ2n) is 5.82. The summed E-state index contributed by atoms with van der Waals surface area (Å²) in [6, 6.07) is 0. The van der Waals surface area contributed by atoms with Crippen molar-refractivity contribution >= 4 is 12.3 Å². The van der Waals surface area contributed by atoms with Crippen LogP contribution in [0.3, 0.4) is 0 Å². The number of hydroxylamine groups is 1. The first-order valence-electron chi connectivity index (χ1n) is 7.15. The van der Waals surface area contributed by atoms with Gasteiger partial charge in [-0.2, -0.15) is 5.48 Å². The van der Waals surface area contributed by atoms with E-state index in [2.05, 4.69) is 5.48 Å². The Morgan fingerprint density at radius 2 is 2.20 bits per heavy atom. The molecule has 1 heterocycles. The van der Waals surface area contributed by atoms with E-state index in [4.69, 9.17) is 9.57 Å². The van der Waals surface area contributed by atoms with Crippen LogP contribution in [0.2, 0.25) is 0 Å². The number of rotatable bonds is 8. The summed E-state index contributed by atoms with van der Waals surface area (Å²) in [5, 5.41) is 9.56. The normalized spacial score (nSPS) is 24.1. The van der Waals surface area contributed by atoms with Gasteiger partial charge in [0.1, 0.15) is 11.8 Å². The summed E-state index contributed by atoms with van der Waals surface area (Å²) < 4.78 is 5.41. The summed E-state index contributed by atoms with van der Waals surface area (Å²) in [4.78, 5) is 28.2. The van der Waals surface area contributed by atoms with E-state index in [9.17, 15) is 14.7 Å². The highest BCUT2D eigenvalue weighted by Crippen LogP contribution is 2.26. The van der Waals surface area contributed by atoms with E-state index in [0.717, 1.165) is 19.3 Å². The maximum atomic E-state index is 11.7. The van der Waals surface area contributed by atoms with Crippen LogP contribution in [0, 0.1) is 11.8 Å². The van der Waals surface area contributed by atoms with Gasteiger partial charge in [-0.25, -0.2) is 0 Å². The Morgan fingerprint density at radius 1 is 1.50 bits per heavy atom. The Kier molecular flexibility index (Phi) is 6.58. The molecule has 0 aromatic rings. The third-order valence-corrected chi connectivity index (χ3v) is 3.60. The third kappa shape index (κ3) is 4.26. The Labute approximate surface area is 119 Å². The van der Waals surface area contributed by atoms with Gasteiger partial charge in [-0.05, 0) is 25.2 Å². The molecule has 0 saturated carbocycles. The van der Waals surface area contributed by atoms with Crippen molar-refractivity contribution in [1.82, 2.24) is 5.48 Å². The minimum absolute atomic E-state index is 0.108. The summed E-state index contributed by atoms with van der Waals surface area (Å²) in [7, 11) is 0. The third-order valence-electron chi connectivity index (χ3n) is 3.60. The second kappa shape index (κ2) is 7.71. The minimum atomic E-state index is -1.42. The van der Waals surface area contributed by atoms with Crippen molar-refractivity contribution in [1.29, 1.82) is 0 Å².